The van der Waals surface area contributed by atoms with Crippen LogP contribution in [0.2, 0.25) is 0 Å². The smallest absolute Gasteiger partial charge is 0.329 e. The van der Waals surface area contributed by atoms with Crippen LogP contribution in [-0.4, -0.2) is 39.0 Å². The second-order valence-corrected chi connectivity index (χ2v) is 6.30. The maximum absolute atomic E-state index is 12.1. The topological polar surface area (TPSA) is 107 Å². The molecule has 0 aromatic heterocycles. The van der Waals surface area contributed by atoms with Gasteiger partial charge in [0.1, 0.15) is 11.5 Å². The third-order valence-corrected chi connectivity index (χ3v) is 4.41. The number of nitrogens with one attached hydrogen (secondary N) is 2. The summed E-state index contributed by atoms with van der Waals surface area (Å²) in [6.45, 7) is 0.147. The summed E-state index contributed by atoms with van der Waals surface area (Å²) >= 11 is 3.37. The number of ether oxygens (including phenoxy) is 4. The van der Waals surface area contributed by atoms with E-state index in [1.807, 2.05) is 0 Å². The molecule has 1 heterocycles. The van der Waals surface area contributed by atoms with E-state index < -0.39 is 11.8 Å². The van der Waals surface area contributed by atoms with Crippen molar-refractivity contribution in [2.24, 2.45) is 5.10 Å². The fraction of sp³-hybridized carbons (Fsp3) is 0.167. The first-order valence-corrected chi connectivity index (χ1v) is 8.76. The van der Waals surface area contributed by atoms with E-state index in [2.05, 4.69) is 31.8 Å². The lowest BCUT2D eigenvalue weighted by Gasteiger charge is -2.10. The van der Waals surface area contributed by atoms with Gasteiger partial charge in [0.05, 0.1) is 26.1 Å². The molecule has 0 unspecified atom stereocenters. The second-order valence-electron chi connectivity index (χ2n) is 5.45. The van der Waals surface area contributed by atoms with Crippen molar-refractivity contribution in [1.82, 2.24) is 5.43 Å². The van der Waals surface area contributed by atoms with E-state index in [9.17, 15) is 9.59 Å². The molecule has 0 fully saturated rings. The minimum atomic E-state index is -0.939. The molecule has 0 atom stereocenters. The maximum Gasteiger partial charge on any atom is 0.329 e. The molecule has 0 radical (unpaired) electrons. The molecule has 2 amide bonds. The van der Waals surface area contributed by atoms with Crippen LogP contribution in [0.3, 0.4) is 0 Å². The molecule has 2 N–H and O–H groups in total. The van der Waals surface area contributed by atoms with E-state index in [1.165, 1.54) is 20.4 Å². The SMILES string of the molecule is COc1ccc(NC(=O)C(=O)N/N=C\c2cc3c(cc2Br)OCO3)c(OC)c1. The first-order chi connectivity index (χ1) is 13.5. The van der Waals surface area contributed by atoms with Crippen molar-refractivity contribution in [3.05, 3.63) is 40.4 Å². The minimum absolute atomic E-state index is 0.147. The number of hydrogen-bond acceptors (Lipinski definition) is 7. The molecule has 0 spiro atoms. The fourth-order valence-corrected chi connectivity index (χ4v) is 2.75. The number of carbonyl (C=O) groups excluding carboxylic acids is 2. The number of benzene rings is 2. The summed E-state index contributed by atoms with van der Waals surface area (Å²) in [5.41, 5.74) is 3.13. The molecule has 2 aromatic rings. The number of rotatable bonds is 5. The number of hydrogen-bond donors (Lipinski definition) is 2. The Labute approximate surface area is 168 Å². The molecule has 0 saturated heterocycles. The van der Waals surface area contributed by atoms with Crippen LogP contribution < -0.4 is 29.7 Å². The number of anilines is 1. The second kappa shape index (κ2) is 8.61. The molecule has 1 aliphatic rings. The van der Waals surface area contributed by atoms with Gasteiger partial charge in [-0.05, 0) is 40.2 Å². The highest BCUT2D eigenvalue weighted by Gasteiger charge is 2.17. The molecule has 28 heavy (non-hydrogen) atoms. The third kappa shape index (κ3) is 4.34. The van der Waals surface area contributed by atoms with Crippen LogP contribution >= 0.6 is 15.9 Å². The van der Waals surface area contributed by atoms with Crippen LogP contribution in [0.4, 0.5) is 5.69 Å². The van der Waals surface area contributed by atoms with Gasteiger partial charge in [-0.15, -0.1) is 0 Å². The molecule has 0 bridgehead atoms. The highest BCUT2D eigenvalue weighted by Crippen LogP contribution is 2.36. The minimum Gasteiger partial charge on any atom is -0.497 e. The van der Waals surface area contributed by atoms with Crippen LogP contribution in [0.1, 0.15) is 5.56 Å². The van der Waals surface area contributed by atoms with Gasteiger partial charge in [-0.2, -0.15) is 5.10 Å². The van der Waals surface area contributed by atoms with Crippen molar-refractivity contribution in [2.75, 3.05) is 26.3 Å². The Morgan fingerprint density at radius 2 is 1.86 bits per heavy atom. The number of nitrogens with zero attached hydrogens (tertiary/aromatic N) is 1. The molecule has 0 saturated carbocycles. The lowest BCUT2D eigenvalue weighted by molar-refractivity contribution is -0.136. The van der Waals surface area contributed by atoms with Crippen molar-refractivity contribution in [3.63, 3.8) is 0 Å². The van der Waals surface area contributed by atoms with Gasteiger partial charge in [0.2, 0.25) is 6.79 Å². The van der Waals surface area contributed by atoms with Crippen LogP contribution in [-0.2, 0) is 9.59 Å². The highest BCUT2D eigenvalue weighted by atomic mass is 79.9. The molecule has 0 aliphatic carbocycles. The van der Waals surface area contributed by atoms with Crippen LogP contribution in [0.5, 0.6) is 23.0 Å². The number of fused-ring (bicyclic) bond motifs is 1. The van der Waals surface area contributed by atoms with Crippen molar-refractivity contribution < 1.29 is 28.5 Å². The van der Waals surface area contributed by atoms with Gasteiger partial charge in [0.15, 0.2) is 11.5 Å². The molecular formula is C18H16BrN3O6. The lowest BCUT2D eigenvalue weighted by Crippen LogP contribution is -2.32. The molecular weight excluding hydrogens is 434 g/mol. The van der Waals surface area contributed by atoms with Gasteiger partial charge in [0, 0.05) is 16.1 Å². The van der Waals surface area contributed by atoms with E-state index in [4.69, 9.17) is 18.9 Å². The van der Waals surface area contributed by atoms with Gasteiger partial charge in [-0.1, -0.05) is 0 Å². The Kier molecular flexibility index (Phi) is 5.99. The van der Waals surface area contributed by atoms with E-state index >= 15 is 0 Å². The molecule has 1 aliphatic heterocycles. The number of halogens is 1. The number of hydrazone groups is 1. The van der Waals surface area contributed by atoms with Crippen molar-refractivity contribution in [2.45, 2.75) is 0 Å². The summed E-state index contributed by atoms with van der Waals surface area (Å²) in [6.07, 6.45) is 1.38. The average Bonchev–Trinajstić information content (AvgIpc) is 3.15. The molecule has 9 nitrogen and oxygen atoms in total. The van der Waals surface area contributed by atoms with Crippen molar-refractivity contribution >= 4 is 39.6 Å². The van der Waals surface area contributed by atoms with Crippen LogP contribution in [0.25, 0.3) is 0 Å². The zero-order chi connectivity index (χ0) is 20.1. The Morgan fingerprint density at radius 1 is 1.11 bits per heavy atom. The predicted molar refractivity (Wildman–Crippen MR) is 104 cm³/mol. The Morgan fingerprint density at radius 3 is 2.57 bits per heavy atom. The first kappa shape index (κ1) is 19.5. The number of carbonyl (C=O) groups is 2. The molecule has 3 rings (SSSR count). The van der Waals surface area contributed by atoms with Crippen molar-refractivity contribution in [1.29, 1.82) is 0 Å². The van der Waals surface area contributed by atoms with E-state index in [0.29, 0.717) is 38.7 Å². The Hall–Kier alpha value is -3.27. The first-order valence-electron chi connectivity index (χ1n) is 7.97. The van der Waals surface area contributed by atoms with Crippen LogP contribution in [0.15, 0.2) is 39.9 Å². The van der Waals surface area contributed by atoms with E-state index in [0.717, 1.165) is 0 Å². The zero-order valence-electron chi connectivity index (χ0n) is 14.9. The van der Waals surface area contributed by atoms with Crippen molar-refractivity contribution in [3.8, 4) is 23.0 Å². The summed E-state index contributed by atoms with van der Waals surface area (Å²) in [6, 6.07) is 8.21. The summed E-state index contributed by atoms with van der Waals surface area (Å²) < 4.78 is 21.5. The summed E-state index contributed by atoms with van der Waals surface area (Å²) in [5, 5.41) is 6.25. The lowest BCUT2D eigenvalue weighted by atomic mass is 10.2. The molecule has 10 heteroatoms. The highest BCUT2D eigenvalue weighted by molar-refractivity contribution is 9.10. The standard InChI is InChI=1S/C18H16BrN3O6/c1-25-11-3-4-13(14(6-11)26-2)21-17(23)18(24)22-20-8-10-5-15-16(7-12(10)19)28-9-27-15/h3-8H,9H2,1-2H3,(H,21,23)(H,22,24)/b20-8-. The summed E-state index contributed by atoms with van der Waals surface area (Å²) in [4.78, 5) is 24.0. The van der Waals surface area contributed by atoms with Gasteiger partial charge < -0.3 is 24.3 Å². The van der Waals surface area contributed by atoms with Gasteiger partial charge in [-0.25, -0.2) is 5.43 Å². The number of methoxy groups -OCH3 is 2. The third-order valence-electron chi connectivity index (χ3n) is 3.72. The Bertz CT molecular complexity index is 947. The van der Waals surface area contributed by atoms with Gasteiger partial charge in [0.25, 0.3) is 0 Å². The van der Waals surface area contributed by atoms with Gasteiger partial charge >= 0.3 is 11.8 Å². The van der Waals surface area contributed by atoms with Crippen LogP contribution in [0, 0.1) is 0 Å². The zero-order valence-corrected chi connectivity index (χ0v) is 16.5. The average molecular weight is 450 g/mol. The summed E-state index contributed by atoms with van der Waals surface area (Å²) in [7, 11) is 2.95. The maximum atomic E-state index is 12.1. The predicted octanol–water partition coefficient (Wildman–Crippen LogP) is 2.28. The summed E-state index contributed by atoms with van der Waals surface area (Å²) in [5.74, 6) is 0.254. The number of amides is 2. The monoisotopic (exact) mass is 449 g/mol. The van der Waals surface area contributed by atoms with Gasteiger partial charge in [-0.3, -0.25) is 9.59 Å². The van der Waals surface area contributed by atoms with E-state index in [1.54, 1.807) is 30.3 Å². The normalized spacial score (nSPS) is 12.0. The quantitative estimate of drug-likeness (QED) is 0.411. The fourth-order valence-electron chi connectivity index (χ4n) is 2.32. The molecule has 146 valence electrons. The molecule has 2 aromatic carbocycles. The van der Waals surface area contributed by atoms with E-state index in [-0.39, 0.29) is 6.79 Å². The largest absolute Gasteiger partial charge is 0.497 e. The Balaban J connectivity index is 1.62.